The van der Waals surface area contributed by atoms with Crippen LogP contribution in [-0.4, -0.2) is 42.8 Å². The summed E-state index contributed by atoms with van der Waals surface area (Å²) in [6, 6.07) is 7.36. The third-order valence-corrected chi connectivity index (χ3v) is 5.47. The topological polar surface area (TPSA) is 72.6 Å². The zero-order valence-corrected chi connectivity index (χ0v) is 15.5. The van der Waals surface area contributed by atoms with E-state index in [0.717, 1.165) is 31.7 Å². The van der Waals surface area contributed by atoms with Gasteiger partial charge in [-0.2, -0.15) is 0 Å². The maximum Gasteiger partial charge on any atom is 0.222 e. The van der Waals surface area contributed by atoms with Gasteiger partial charge in [0.1, 0.15) is 5.75 Å². The zero-order chi connectivity index (χ0) is 17.1. The maximum atomic E-state index is 12.3. The summed E-state index contributed by atoms with van der Waals surface area (Å²) in [6.07, 6.45) is 3.68. The van der Waals surface area contributed by atoms with Crippen molar-refractivity contribution in [3.05, 3.63) is 29.8 Å². The van der Waals surface area contributed by atoms with Gasteiger partial charge in [-0.05, 0) is 55.4 Å². The van der Waals surface area contributed by atoms with Crippen molar-refractivity contribution in [2.75, 3.05) is 20.2 Å². The summed E-state index contributed by atoms with van der Waals surface area (Å²) in [5.74, 6) is 2.05. The first-order chi connectivity index (χ1) is 11.6. The van der Waals surface area contributed by atoms with Gasteiger partial charge in [-0.3, -0.25) is 9.59 Å². The van der Waals surface area contributed by atoms with Gasteiger partial charge < -0.3 is 15.4 Å². The lowest BCUT2D eigenvalue weighted by Crippen LogP contribution is -2.33. The van der Waals surface area contributed by atoms with Crippen LogP contribution in [0.1, 0.15) is 42.5 Å². The Hall–Kier alpha value is -1.59. The normalized spacial score (nSPS) is 24.6. The average molecular weight is 367 g/mol. The van der Waals surface area contributed by atoms with Crippen LogP contribution in [0.25, 0.3) is 0 Å². The summed E-state index contributed by atoms with van der Waals surface area (Å²) >= 11 is 0. The Morgan fingerprint density at radius 3 is 2.52 bits per heavy atom. The Labute approximate surface area is 155 Å². The number of Topliss-reactive ketones (excluding diaryl/α,β-unsaturated/α-hetero) is 1. The number of ether oxygens (including phenoxy) is 1. The van der Waals surface area contributed by atoms with Gasteiger partial charge in [0.25, 0.3) is 0 Å². The monoisotopic (exact) mass is 366 g/mol. The molecule has 1 saturated carbocycles. The summed E-state index contributed by atoms with van der Waals surface area (Å²) in [4.78, 5) is 26.5. The Balaban J connectivity index is 0.00000225. The fraction of sp³-hybridized carbons (Fsp3) is 0.579. The Kier molecular flexibility index (Phi) is 6.85. The second kappa shape index (κ2) is 8.68. The molecular formula is C19H27ClN2O3. The van der Waals surface area contributed by atoms with E-state index in [0.29, 0.717) is 36.7 Å². The molecule has 3 unspecified atom stereocenters. The van der Waals surface area contributed by atoms with Crippen molar-refractivity contribution in [3.63, 3.8) is 0 Å². The van der Waals surface area contributed by atoms with Crippen LogP contribution in [0.5, 0.6) is 5.75 Å². The van der Waals surface area contributed by atoms with E-state index in [2.05, 4.69) is 0 Å². The van der Waals surface area contributed by atoms with Crippen LogP contribution in [0.2, 0.25) is 0 Å². The highest BCUT2D eigenvalue weighted by atomic mass is 35.5. The van der Waals surface area contributed by atoms with E-state index < -0.39 is 0 Å². The first kappa shape index (κ1) is 19.7. The van der Waals surface area contributed by atoms with Crippen molar-refractivity contribution >= 4 is 24.1 Å². The highest BCUT2D eigenvalue weighted by molar-refractivity contribution is 5.96. The number of methoxy groups -OCH3 is 1. The van der Waals surface area contributed by atoms with E-state index in [9.17, 15) is 9.59 Å². The van der Waals surface area contributed by atoms with Crippen LogP contribution in [-0.2, 0) is 4.79 Å². The quantitative estimate of drug-likeness (QED) is 0.785. The highest BCUT2D eigenvalue weighted by Crippen LogP contribution is 2.37. The first-order valence-corrected chi connectivity index (χ1v) is 8.79. The summed E-state index contributed by atoms with van der Waals surface area (Å²) in [7, 11) is 1.60. The van der Waals surface area contributed by atoms with Crippen molar-refractivity contribution in [2.45, 2.75) is 38.1 Å². The molecule has 1 aliphatic carbocycles. The summed E-state index contributed by atoms with van der Waals surface area (Å²) in [6.45, 7) is 1.65. The molecule has 2 aliphatic rings. The first-order valence-electron chi connectivity index (χ1n) is 8.79. The molecule has 1 heterocycles. The second-order valence-electron chi connectivity index (χ2n) is 6.97. The number of carbonyl (C=O) groups excluding carboxylic acids is 2. The molecule has 2 fully saturated rings. The van der Waals surface area contributed by atoms with E-state index in [1.54, 1.807) is 31.4 Å². The summed E-state index contributed by atoms with van der Waals surface area (Å²) in [5, 5.41) is 0. The number of nitrogens with zero attached hydrogens (tertiary/aromatic N) is 1. The third kappa shape index (κ3) is 4.53. The highest BCUT2D eigenvalue weighted by Gasteiger charge is 2.42. The predicted octanol–water partition coefficient (Wildman–Crippen LogP) is 2.67. The Morgan fingerprint density at radius 2 is 1.88 bits per heavy atom. The van der Waals surface area contributed by atoms with Crippen LogP contribution in [0.3, 0.4) is 0 Å². The van der Waals surface area contributed by atoms with Crippen molar-refractivity contribution in [3.8, 4) is 5.75 Å². The van der Waals surface area contributed by atoms with Crippen molar-refractivity contribution in [1.82, 2.24) is 4.90 Å². The van der Waals surface area contributed by atoms with Gasteiger partial charge in [0, 0.05) is 37.5 Å². The molecule has 1 amide bonds. The molecule has 5 nitrogen and oxygen atoms in total. The second-order valence-corrected chi connectivity index (χ2v) is 6.97. The van der Waals surface area contributed by atoms with Gasteiger partial charge in [-0.1, -0.05) is 0 Å². The Bertz CT molecular complexity index is 605. The van der Waals surface area contributed by atoms with Gasteiger partial charge in [-0.15, -0.1) is 12.4 Å². The molecule has 2 N–H and O–H groups in total. The van der Waals surface area contributed by atoms with Gasteiger partial charge in [-0.25, -0.2) is 0 Å². The van der Waals surface area contributed by atoms with Crippen molar-refractivity contribution in [1.29, 1.82) is 0 Å². The molecular weight excluding hydrogens is 340 g/mol. The van der Waals surface area contributed by atoms with E-state index in [4.69, 9.17) is 10.5 Å². The van der Waals surface area contributed by atoms with Crippen LogP contribution >= 0.6 is 12.4 Å². The molecule has 0 spiro atoms. The number of amides is 1. The van der Waals surface area contributed by atoms with Crippen LogP contribution in [0.15, 0.2) is 24.3 Å². The molecule has 25 heavy (non-hydrogen) atoms. The number of carbonyl (C=O) groups is 2. The molecule has 1 aromatic carbocycles. The lowest BCUT2D eigenvalue weighted by atomic mass is 9.98. The van der Waals surface area contributed by atoms with Crippen molar-refractivity contribution in [2.24, 2.45) is 17.6 Å². The lowest BCUT2D eigenvalue weighted by molar-refractivity contribution is -0.130. The van der Waals surface area contributed by atoms with Crippen molar-refractivity contribution < 1.29 is 14.3 Å². The van der Waals surface area contributed by atoms with Gasteiger partial charge in [0.05, 0.1) is 7.11 Å². The van der Waals surface area contributed by atoms with Crippen LogP contribution in [0, 0.1) is 11.8 Å². The summed E-state index contributed by atoms with van der Waals surface area (Å²) in [5.41, 5.74) is 6.79. The fourth-order valence-corrected chi connectivity index (χ4v) is 3.99. The third-order valence-electron chi connectivity index (χ3n) is 5.47. The lowest BCUT2D eigenvalue weighted by Gasteiger charge is -2.18. The molecule has 0 radical (unpaired) electrons. The molecule has 3 atom stereocenters. The number of likely N-dealkylation sites (tertiary alicyclic amines) is 1. The van der Waals surface area contributed by atoms with Gasteiger partial charge in [0.15, 0.2) is 5.78 Å². The molecule has 1 aliphatic heterocycles. The molecule has 0 aromatic heterocycles. The number of ketones is 1. The smallest absolute Gasteiger partial charge is 0.222 e. The van der Waals surface area contributed by atoms with Gasteiger partial charge >= 0.3 is 0 Å². The Morgan fingerprint density at radius 1 is 1.16 bits per heavy atom. The number of benzene rings is 1. The molecule has 1 saturated heterocycles. The fourth-order valence-electron chi connectivity index (χ4n) is 3.99. The SMILES string of the molecule is COc1ccc(C(=O)CCCC(=O)N2CC3CCC(N)C3C2)cc1.Cl. The van der Waals surface area contributed by atoms with Gasteiger partial charge in [0.2, 0.25) is 5.91 Å². The summed E-state index contributed by atoms with van der Waals surface area (Å²) < 4.78 is 5.09. The minimum absolute atomic E-state index is 0. The zero-order valence-electron chi connectivity index (χ0n) is 14.6. The average Bonchev–Trinajstić information content (AvgIpc) is 3.17. The molecule has 138 valence electrons. The predicted molar refractivity (Wildman–Crippen MR) is 99.2 cm³/mol. The number of nitrogens with two attached hydrogens (primary N) is 1. The number of fused-ring (bicyclic) bond motifs is 1. The number of rotatable bonds is 6. The number of halogens is 1. The standard InChI is InChI=1S/C19H26N2O3.ClH/c1-24-15-8-5-13(6-9-15)18(22)3-2-4-19(23)21-11-14-7-10-17(20)16(14)12-21;/h5-6,8-9,14,16-17H,2-4,7,10-12,20H2,1H3;1H. The van der Waals surface area contributed by atoms with E-state index in [1.165, 1.54) is 0 Å². The van der Waals surface area contributed by atoms with Crippen LogP contribution < -0.4 is 10.5 Å². The number of hydrogen-bond acceptors (Lipinski definition) is 4. The molecule has 6 heteroatoms. The minimum Gasteiger partial charge on any atom is -0.497 e. The van der Waals surface area contributed by atoms with E-state index in [-0.39, 0.29) is 30.1 Å². The molecule has 1 aromatic rings. The van der Waals surface area contributed by atoms with Crippen LogP contribution in [0.4, 0.5) is 0 Å². The van der Waals surface area contributed by atoms with E-state index in [1.807, 2.05) is 4.90 Å². The largest absolute Gasteiger partial charge is 0.497 e. The minimum atomic E-state index is 0. The van der Waals surface area contributed by atoms with E-state index >= 15 is 0 Å². The molecule has 0 bridgehead atoms. The molecule has 3 rings (SSSR count). The maximum absolute atomic E-state index is 12.3. The number of hydrogen-bond donors (Lipinski definition) is 1.